The van der Waals surface area contributed by atoms with Gasteiger partial charge >= 0.3 is 5.97 Å². The molecule has 3 aromatic carbocycles. The average Bonchev–Trinajstić information content (AvgIpc) is 2.82. The molecule has 7 heteroatoms. The van der Waals surface area contributed by atoms with Gasteiger partial charge in [0, 0.05) is 28.4 Å². The number of pyridine rings is 1. The number of anilines is 1. The smallest absolute Gasteiger partial charge is 0.338 e. The molecular weight excluding hydrogens is 406 g/mol. The van der Waals surface area contributed by atoms with Gasteiger partial charge in [-0.05, 0) is 48.0 Å². The number of carbonyl (C=O) groups is 3. The zero-order valence-corrected chi connectivity index (χ0v) is 16.9. The molecule has 0 radical (unpaired) electrons. The van der Waals surface area contributed by atoms with Gasteiger partial charge in [0.15, 0.2) is 6.61 Å². The number of rotatable bonds is 6. The van der Waals surface area contributed by atoms with Gasteiger partial charge in [0.1, 0.15) is 0 Å². The summed E-state index contributed by atoms with van der Waals surface area (Å²) in [6.45, 7) is -0.439. The number of ether oxygens (including phenoxy) is 1. The number of nitrogens with one attached hydrogen (secondary N) is 1. The van der Waals surface area contributed by atoms with Gasteiger partial charge in [0.25, 0.3) is 5.91 Å². The minimum absolute atomic E-state index is 0.331. The molecule has 0 saturated heterocycles. The summed E-state index contributed by atoms with van der Waals surface area (Å²) in [6, 6.07) is 22.8. The zero-order chi connectivity index (χ0) is 22.5. The van der Waals surface area contributed by atoms with Crippen molar-refractivity contribution in [2.75, 3.05) is 11.9 Å². The van der Waals surface area contributed by atoms with E-state index in [-0.39, 0.29) is 0 Å². The quantitative estimate of drug-likeness (QED) is 0.457. The van der Waals surface area contributed by atoms with Crippen LogP contribution in [-0.4, -0.2) is 29.4 Å². The van der Waals surface area contributed by atoms with E-state index in [1.165, 1.54) is 12.1 Å². The Morgan fingerprint density at radius 2 is 1.53 bits per heavy atom. The topological polar surface area (TPSA) is 111 Å². The molecule has 0 unspecified atom stereocenters. The molecule has 0 spiro atoms. The van der Waals surface area contributed by atoms with Crippen molar-refractivity contribution in [2.45, 2.75) is 0 Å². The van der Waals surface area contributed by atoms with Crippen molar-refractivity contribution < 1.29 is 19.1 Å². The third kappa shape index (κ3) is 4.62. The lowest BCUT2D eigenvalue weighted by Crippen LogP contribution is -2.21. The first-order valence-corrected chi connectivity index (χ1v) is 9.82. The Bertz CT molecular complexity index is 1290. The second-order valence-electron chi connectivity index (χ2n) is 7.02. The fraction of sp³-hybridized carbons (Fsp3) is 0.0400. The Morgan fingerprint density at radius 1 is 0.844 bits per heavy atom. The van der Waals surface area contributed by atoms with Gasteiger partial charge in [0.2, 0.25) is 5.91 Å². The SMILES string of the molecule is NC(=O)c1ccc(NC(=O)COC(=O)c2ccc(-c3cccc4cccnc34)cc2)cc1. The minimum Gasteiger partial charge on any atom is -0.452 e. The monoisotopic (exact) mass is 425 g/mol. The van der Waals surface area contributed by atoms with Gasteiger partial charge in [0.05, 0.1) is 11.1 Å². The predicted octanol–water partition coefficient (Wildman–Crippen LogP) is 3.80. The number of primary amides is 1. The second-order valence-corrected chi connectivity index (χ2v) is 7.02. The number of nitrogens with zero attached hydrogens (tertiary/aromatic N) is 1. The number of benzene rings is 3. The first-order chi connectivity index (χ1) is 15.5. The number of carbonyl (C=O) groups excluding carboxylic acids is 3. The number of hydrogen-bond acceptors (Lipinski definition) is 5. The van der Waals surface area contributed by atoms with Crippen LogP contribution in [0.4, 0.5) is 5.69 Å². The van der Waals surface area contributed by atoms with Crippen LogP contribution in [0.5, 0.6) is 0 Å². The predicted molar refractivity (Wildman–Crippen MR) is 121 cm³/mol. The number of fused-ring (bicyclic) bond motifs is 1. The maximum absolute atomic E-state index is 12.3. The summed E-state index contributed by atoms with van der Waals surface area (Å²) in [4.78, 5) is 39.9. The van der Waals surface area contributed by atoms with Gasteiger partial charge < -0.3 is 15.8 Å². The molecule has 1 aromatic heterocycles. The zero-order valence-electron chi connectivity index (χ0n) is 16.9. The van der Waals surface area contributed by atoms with Gasteiger partial charge in [-0.25, -0.2) is 4.79 Å². The molecular formula is C25H19N3O4. The molecule has 0 bridgehead atoms. The van der Waals surface area contributed by atoms with Crippen molar-refractivity contribution in [3.05, 3.63) is 96.2 Å². The molecule has 0 atom stereocenters. The highest BCUT2D eigenvalue weighted by atomic mass is 16.5. The molecule has 0 fully saturated rings. The Hall–Kier alpha value is -4.52. The summed E-state index contributed by atoms with van der Waals surface area (Å²) in [6.07, 6.45) is 1.74. The molecule has 3 N–H and O–H groups in total. The normalized spacial score (nSPS) is 10.5. The Morgan fingerprint density at radius 3 is 2.25 bits per heavy atom. The van der Waals surface area contributed by atoms with Crippen LogP contribution in [0.15, 0.2) is 85.1 Å². The van der Waals surface area contributed by atoms with Gasteiger partial charge in [-0.2, -0.15) is 0 Å². The van der Waals surface area contributed by atoms with Crippen molar-refractivity contribution in [1.82, 2.24) is 4.98 Å². The highest BCUT2D eigenvalue weighted by Gasteiger charge is 2.12. The van der Waals surface area contributed by atoms with E-state index in [9.17, 15) is 14.4 Å². The highest BCUT2D eigenvalue weighted by Crippen LogP contribution is 2.27. The van der Waals surface area contributed by atoms with E-state index >= 15 is 0 Å². The minimum atomic E-state index is -0.605. The lowest BCUT2D eigenvalue weighted by atomic mass is 10.0. The average molecular weight is 425 g/mol. The molecule has 0 aliphatic carbocycles. The molecule has 2 amide bonds. The summed E-state index contributed by atoms with van der Waals surface area (Å²) in [7, 11) is 0. The first kappa shape index (κ1) is 20.7. The highest BCUT2D eigenvalue weighted by molar-refractivity contribution is 5.98. The third-order valence-electron chi connectivity index (χ3n) is 4.85. The number of para-hydroxylation sites is 1. The number of aromatic nitrogens is 1. The van der Waals surface area contributed by atoms with E-state index < -0.39 is 24.4 Å². The Kier molecular flexibility index (Phi) is 5.89. The summed E-state index contributed by atoms with van der Waals surface area (Å²) in [5.41, 5.74) is 9.07. The Labute approximate surface area is 183 Å². The lowest BCUT2D eigenvalue weighted by molar-refractivity contribution is -0.119. The van der Waals surface area contributed by atoms with Gasteiger partial charge in [-0.1, -0.05) is 36.4 Å². The molecule has 4 rings (SSSR count). The molecule has 32 heavy (non-hydrogen) atoms. The van der Waals surface area contributed by atoms with Crippen molar-refractivity contribution in [1.29, 1.82) is 0 Å². The van der Waals surface area contributed by atoms with E-state index in [2.05, 4.69) is 10.3 Å². The number of esters is 1. The molecule has 158 valence electrons. The fourth-order valence-electron chi connectivity index (χ4n) is 3.25. The molecule has 7 nitrogen and oxygen atoms in total. The third-order valence-corrected chi connectivity index (χ3v) is 4.85. The van der Waals surface area contributed by atoms with Crippen LogP contribution in [-0.2, 0) is 9.53 Å². The van der Waals surface area contributed by atoms with Crippen molar-refractivity contribution >= 4 is 34.4 Å². The molecule has 4 aromatic rings. The number of hydrogen-bond donors (Lipinski definition) is 2. The van der Waals surface area contributed by atoms with Crippen LogP contribution in [0.3, 0.4) is 0 Å². The maximum atomic E-state index is 12.3. The summed E-state index contributed by atoms with van der Waals surface area (Å²) < 4.78 is 5.10. The van der Waals surface area contributed by atoms with E-state index in [1.54, 1.807) is 30.5 Å². The van der Waals surface area contributed by atoms with E-state index in [1.807, 2.05) is 42.5 Å². The summed E-state index contributed by atoms with van der Waals surface area (Å²) in [5, 5.41) is 3.62. The van der Waals surface area contributed by atoms with Gasteiger partial charge in [-0.3, -0.25) is 14.6 Å². The summed E-state index contributed by atoms with van der Waals surface area (Å²) in [5.74, 6) is -1.66. The molecule has 0 saturated carbocycles. The van der Waals surface area contributed by atoms with Crippen molar-refractivity contribution in [3.63, 3.8) is 0 Å². The summed E-state index contributed by atoms with van der Waals surface area (Å²) >= 11 is 0. The van der Waals surface area contributed by atoms with Crippen molar-refractivity contribution in [2.24, 2.45) is 5.73 Å². The molecule has 0 aliphatic rings. The van der Waals surface area contributed by atoms with Crippen molar-refractivity contribution in [3.8, 4) is 11.1 Å². The van der Waals surface area contributed by atoms with Crippen LogP contribution < -0.4 is 11.1 Å². The van der Waals surface area contributed by atoms with Crippen LogP contribution in [0.2, 0.25) is 0 Å². The number of amides is 2. The maximum Gasteiger partial charge on any atom is 0.338 e. The van der Waals surface area contributed by atoms with E-state index in [4.69, 9.17) is 10.5 Å². The first-order valence-electron chi connectivity index (χ1n) is 9.82. The molecule has 0 aliphatic heterocycles. The van der Waals surface area contributed by atoms with Crippen LogP contribution >= 0.6 is 0 Å². The largest absolute Gasteiger partial charge is 0.452 e. The van der Waals surface area contributed by atoms with Crippen LogP contribution in [0.25, 0.3) is 22.0 Å². The van der Waals surface area contributed by atoms with Crippen LogP contribution in [0, 0.1) is 0 Å². The van der Waals surface area contributed by atoms with E-state index in [0.717, 1.165) is 22.0 Å². The standard InChI is InChI=1S/C25H19N3O4/c26-24(30)18-10-12-20(13-11-18)28-22(29)15-32-25(31)19-8-6-16(7-9-19)21-5-1-3-17-4-2-14-27-23(17)21/h1-14H,15H2,(H2,26,30)(H,28,29). The number of nitrogens with two attached hydrogens (primary N) is 1. The van der Waals surface area contributed by atoms with E-state index in [0.29, 0.717) is 16.8 Å². The molecule has 1 heterocycles. The second kappa shape index (κ2) is 9.09. The Balaban J connectivity index is 1.37. The lowest BCUT2D eigenvalue weighted by Gasteiger charge is -2.08. The van der Waals surface area contributed by atoms with Crippen LogP contribution in [0.1, 0.15) is 20.7 Å². The van der Waals surface area contributed by atoms with Gasteiger partial charge in [-0.15, -0.1) is 0 Å². The fourth-order valence-corrected chi connectivity index (χ4v) is 3.25.